The van der Waals surface area contributed by atoms with E-state index in [-0.39, 0.29) is 0 Å². The van der Waals surface area contributed by atoms with Gasteiger partial charge in [-0.15, -0.1) is 0 Å². The molecule has 0 aliphatic rings. The number of ether oxygens (including phenoxy) is 2. The summed E-state index contributed by atoms with van der Waals surface area (Å²) < 4.78 is 11.3. The third-order valence-electron chi connectivity index (χ3n) is 3.34. The summed E-state index contributed by atoms with van der Waals surface area (Å²) >= 11 is 6.31. The second-order valence-corrected chi connectivity index (χ2v) is 5.27. The van der Waals surface area contributed by atoms with Gasteiger partial charge in [-0.1, -0.05) is 29.8 Å². The van der Waals surface area contributed by atoms with E-state index in [0.29, 0.717) is 13.2 Å². The first-order valence-corrected chi connectivity index (χ1v) is 7.66. The molecule has 0 fully saturated rings. The van der Waals surface area contributed by atoms with Crippen molar-refractivity contribution in [2.75, 3.05) is 13.2 Å². The van der Waals surface area contributed by atoms with Crippen LogP contribution in [-0.2, 0) is 6.42 Å². The molecule has 0 saturated carbocycles. The summed E-state index contributed by atoms with van der Waals surface area (Å²) in [5, 5.41) is 0.807. The highest BCUT2D eigenvalue weighted by atomic mass is 35.5. The van der Waals surface area contributed by atoms with Gasteiger partial charge in [0.1, 0.15) is 0 Å². The van der Waals surface area contributed by atoms with Crippen molar-refractivity contribution in [3.8, 4) is 11.5 Å². The Bertz CT molecular complexity index is 588. The molecule has 0 spiro atoms. The Morgan fingerprint density at radius 2 is 1.67 bits per heavy atom. The van der Waals surface area contributed by atoms with Gasteiger partial charge in [0.2, 0.25) is 0 Å². The van der Waals surface area contributed by atoms with Crippen LogP contribution in [0, 0.1) is 6.92 Å². The van der Waals surface area contributed by atoms with Gasteiger partial charge in [0, 0.05) is 5.02 Å². The predicted molar refractivity (Wildman–Crippen MR) is 87.8 cm³/mol. The van der Waals surface area contributed by atoms with E-state index in [2.05, 4.69) is 19.1 Å². The van der Waals surface area contributed by atoms with Crippen LogP contribution >= 0.6 is 11.6 Å². The number of hydrogen-bond acceptors (Lipinski definition) is 2. The number of rotatable bonds is 6. The van der Waals surface area contributed by atoms with E-state index < -0.39 is 0 Å². The summed E-state index contributed by atoms with van der Waals surface area (Å²) in [6.45, 7) is 7.27. The monoisotopic (exact) mass is 304 g/mol. The summed E-state index contributed by atoms with van der Waals surface area (Å²) in [5.74, 6) is 1.58. The largest absolute Gasteiger partial charge is 0.490 e. The molecule has 0 bridgehead atoms. The maximum absolute atomic E-state index is 6.31. The van der Waals surface area contributed by atoms with Crippen LogP contribution in [0.2, 0.25) is 5.02 Å². The SMILES string of the molecule is CCOc1ccc(Cc2c(C)cccc2Cl)cc1OCC. The van der Waals surface area contributed by atoms with Gasteiger partial charge < -0.3 is 9.47 Å². The molecule has 0 atom stereocenters. The zero-order chi connectivity index (χ0) is 15.2. The molecule has 112 valence electrons. The molecule has 0 unspecified atom stereocenters. The molecular weight excluding hydrogens is 284 g/mol. The number of hydrogen-bond donors (Lipinski definition) is 0. The van der Waals surface area contributed by atoms with Crippen molar-refractivity contribution in [2.45, 2.75) is 27.2 Å². The third-order valence-corrected chi connectivity index (χ3v) is 3.70. The second-order valence-electron chi connectivity index (χ2n) is 4.86. The van der Waals surface area contributed by atoms with Crippen LogP contribution in [0.1, 0.15) is 30.5 Å². The zero-order valence-corrected chi connectivity index (χ0v) is 13.5. The third kappa shape index (κ3) is 3.92. The lowest BCUT2D eigenvalue weighted by molar-refractivity contribution is 0.287. The molecular formula is C18H21ClO2. The minimum Gasteiger partial charge on any atom is -0.490 e. The van der Waals surface area contributed by atoms with Crippen LogP contribution in [0.4, 0.5) is 0 Å². The zero-order valence-electron chi connectivity index (χ0n) is 12.8. The summed E-state index contributed by atoms with van der Waals surface area (Å²) in [5.41, 5.74) is 3.53. The Kier molecular flexibility index (Phi) is 5.51. The van der Waals surface area contributed by atoms with Crippen molar-refractivity contribution in [1.82, 2.24) is 0 Å². The first kappa shape index (κ1) is 15.7. The van der Waals surface area contributed by atoms with Crippen molar-refractivity contribution in [1.29, 1.82) is 0 Å². The summed E-state index contributed by atoms with van der Waals surface area (Å²) in [6, 6.07) is 12.1. The fraction of sp³-hybridized carbons (Fsp3) is 0.333. The highest BCUT2D eigenvalue weighted by Gasteiger charge is 2.09. The Balaban J connectivity index is 2.30. The Morgan fingerprint density at radius 1 is 0.952 bits per heavy atom. The standard InChI is InChI=1S/C18H21ClO2/c1-4-20-17-10-9-14(12-18(17)21-5-2)11-15-13(3)7-6-8-16(15)19/h6-10,12H,4-5,11H2,1-3H3. The molecule has 3 heteroatoms. The smallest absolute Gasteiger partial charge is 0.161 e. The minimum atomic E-state index is 0.620. The Morgan fingerprint density at radius 3 is 2.33 bits per heavy atom. The molecule has 0 saturated heterocycles. The van der Waals surface area contributed by atoms with E-state index in [1.54, 1.807) is 0 Å². The highest BCUT2D eigenvalue weighted by molar-refractivity contribution is 6.31. The lowest BCUT2D eigenvalue weighted by Crippen LogP contribution is -2.00. The van der Waals surface area contributed by atoms with Gasteiger partial charge in [0.15, 0.2) is 11.5 Å². The molecule has 0 aromatic heterocycles. The molecule has 0 N–H and O–H groups in total. The van der Waals surface area contributed by atoms with E-state index in [1.807, 2.05) is 38.1 Å². The minimum absolute atomic E-state index is 0.620. The van der Waals surface area contributed by atoms with Gasteiger partial charge in [0.05, 0.1) is 13.2 Å². The molecule has 2 nitrogen and oxygen atoms in total. The Hall–Kier alpha value is -1.67. The maximum Gasteiger partial charge on any atom is 0.161 e. The van der Waals surface area contributed by atoms with E-state index in [1.165, 1.54) is 5.56 Å². The van der Waals surface area contributed by atoms with Crippen LogP contribution in [0.3, 0.4) is 0 Å². The molecule has 0 aliphatic heterocycles. The van der Waals surface area contributed by atoms with Crippen molar-refractivity contribution in [3.05, 3.63) is 58.1 Å². The summed E-state index contributed by atoms with van der Waals surface area (Å²) in [4.78, 5) is 0. The average molecular weight is 305 g/mol. The number of halogens is 1. The lowest BCUT2D eigenvalue weighted by atomic mass is 10.0. The van der Waals surface area contributed by atoms with E-state index >= 15 is 0 Å². The Labute approximate surface area is 131 Å². The van der Waals surface area contributed by atoms with Gasteiger partial charge in [-0.3, -0.25) is 0 Å². The van der Waals surface area contributed by atoms with Gasteiger partial charge >= 0.3 is 0 Å². The van der Waals surface area contributed by atoms with Crippen LogP contribution in [0.5, 0.6) is 11.5 Å². The fourth-order valence-corrected chi connectivity index (χ4v) is 2.59. The molecule has 0 aliphatic carbocycles. The van der Waals surface area contributed by atoms with Crippen LogP contribution < -0.4 is 9.47 Å². The van der Waals surface area contributed by atoms with Crippen LogP contribution in [-0.4, -0.2) is 13.2 Å². The van der Waals surface area contributed by atoms with E-state index in [9.17, 15) is 0 Å². The maximum atomic E-state index is 6.31. The van der Waals surface area contributed by atoms with Crippen molar-refractivity contribution < 1.29 is 9.47 Å². The van der Waals surface area contributed by atoms with Crippen LogP contribution in [0.15, 0.2) is 36.4 Å². The molecule has 2 aromatic rings. The van der Waals surface area contributed by atoms with Crippen LogP contribution in [0.25, 0.3) is 0 Å². The van der Waals surface area contributed by atoms with Crippen molar-refractivity contribution in [2.24, 2.45) is 0 Å². The fourth-order valence-electron chi connectivity index (χ4n) is 2.30. The normalized spacial score (nSPS) is 10.5. The highest BCUT2D eigenvalue weighted by Crippen LogP contribution is 2.31. The molecule has 0 heterocycles. The van der Waals surface area contributed by atoms with Gasteiger partial charge in [-0.2, -0.15) is 0 Å². The molecule has 2 aromatic carbocycles. The molecule has 2 rings (SSSR count). The quantitative estimate of drug-likeness (QED) is 0.744. The first-order valence-electron chi connectivity index (χ1n) is 7.28. The molecule has 0 amide bonds. The van der Waals surface area contributed by atoms with Gasteiger partial charge in [-0.25, -0.2) is 0 Å². The summed E-state index contributed by atoms with van der Waals surface area (Å²) in [7, 11) is 0. The van der Waals surface area contributed by atoms with Gasteiger partial charge in [0.25, 0.3) is 0 Å². The van der Waals surface area contributed by atoms with E-state index in [4.69, 9.17) is 21.1 Å². The molecule has 21 heavy (non-hydrogen) atoms. The summed E-state index contributed by atoms with van der Waals surface area (Å²) in [6.07, 6.45) is 0.790. The number of benzene rings is 2. The second kappa shape index (κ2) is 7.37. The van der Waals surface area contributed by atoms with Crippen molar-refractivity contribution in [3.63, 3.8) is 0 Å². The number of aryl methyl sites for hydroxylation is 1. The topological polar surface area (TPSA) is 18.5 Å². The lowest BCUT2D eigenvalue weighted by Gasteiger charge is -2.13. The van der Waals surface area contributed by atoms with Gasteiger partial charge in [-0.05, 0) is 62.1 Å². The van der Waals surface area contributed by atoms with E-state index in [0.717, 1.165) is 34.1 Å². The predicted octanol–water partition coefficient (Wildman–Crippen LogP) is 5.04. The molecule has 0 radical (unpaired) electrons. The average Bonchev–Trinajstić information content (AvgIpc) is 2.46. The first-order chi connectivity index (χ1) is 10.2. The van der Waals surface area contributed by atoms with Crippen molar-refractivity contribution >= 4 is 11.6 Å².